The summed E-state index contributed by atoms with van der Waals surface area (Å²) < 4.78 is 10.7. The fourth-order valence-electron chi connectivity index (χ4n) is 2.73. The van der Waals surface area contributed by atoms with Crippen LogP contribution >= 0.6 is 23.4 Å². The first-order valence-corrected chi connectivity index (χ1v) is 10.2. The lowest BCUT2D eigenvalue weighted by atomic mass is 10.1. The second-order valence-corrected chi connectivity index (χ2v) is 7.33. The molecule has 3 rings (SSSR count). The molecule has 1 amide bonds. The summed E-state index contributed by atoms with van der Waals surface area (Å²) >= 11 is 7.67. The molecule has 0 bridgehead atoms. The Morgan fingerprint density at radius 2 is 2.00 bits per heavy atom. The zero-order chi connectivity index (χ0) is 19.9. The van der Waals surface area contributed by atoms with Crippen LogP contribution in [0.15, 0.2) is 59.6 Å². The third-order valence-corrected chi connectivity index (χ3v) is 5.37. The maximum absolute atomic E-state index is 12.1. The summed E-state index contributed by atoms with van der Waals surface area (Å²) in [6.45, 7) is 2.62. The van der Waals surface area contributed by atoms with Crippen LogP contribution in [0.3, 0.4) is 0 Å². The Kier molecular flexibility index (Phi) is 7.01. The van der Waals surface area contributed by atoms with Crippen LogP contribution in [0.5, 0.6) is 5.75 Å². The Morgan fingerprint density at radius 3 is 2.71 bits per heavy atom. The number of carbonyl (C=O) groups excluding carboxylic acids is 2. The molecule has 0 aliphatic carbocycles. The normalized spacial score (nSPS) is 15.1. The number of amides is 1. The Balaban J connectivity index is 1.61. The molecule has 0 saturated carbocycles. The number of thioether (sulfide) groups is 1. The minimum absolute atomic E-state index is 0.0605. The van der Waals surface area contributed by atoms with Crippen molar-refractivity contribution in [2.45, 2.75) is 6.92 Å². The number of halogens is 1. The third-order valence-electron chi connectivity index (χ3n) is 4.05. The average Bonchev–Trinajstić information content (AvgIpc) is 3.03. The average molecular weight is 418 g/mol. The summed E-state index contributed by atoms with van der Waals surface area (Å²) in [4.78, 5) is 25.2. The number of rotatable bonds is 7. The van der Waals surface area contributed by atoms with E-state index >= 15 is 0 Å². The van der Waals surface area contributed by atoms with Gasteiger partial charge >= 0.3 is 5.97 Å². The molecule has 1 heterocycles. The summed E-state index contributed by atoms with van der Waals surface area (Å²) in [6, 6.07) is 15.6. The molecule has 146 valence electrons. The molecule has 2 aromatic rings. The topological polar surface area (TPSA) is 55.8 Å². The van der Waals surface area contributed by atoms with Gasteiger partial charge in [0.25, 0.3) is 0 Å². The number of nitrogens with zero attached hydrogens (tertiary/aromatic N) is 1. The predicted octanol–water partition coefficient (Wildman–Crippen LogP) is 4.37. The quantitative estimate of drug-likeness (QED) is 0.494. The smallest absolute Gasteiger partial charge is 0.333 e. The minimum atomic E-state index is -0.454. The van der Waals surface area contributed by atoms with Crippen LogP contribution in [0.1, 0.15) is 6.92 Å². The lowest BCUT2D eigenvalue weighted by Crippen LogP contribution is -2.29. The molecule has 0 radical (unpaired) electrons. The molecule has 5 nitrogen and oxygen atoms in total. The van der Waals surface area contributed by atoms with Crippen LogP contribution in [-0.2, 0) is 14.3 Å². The van der Waals surface area contributed by atoms with Crippen LogP contribution in [0, 0.1) is 0 Å². The molecule has 1 aliphatic heterocycles. The number of hydrogen-bond acceptors (Lipinski definition) is 5. The predicted molar refractivity (Wildman–Crippen MR) is 111 cm³/mol. The SMILES string of the molecule is CCOC(=O)/C=C1\SCC(=O)N1CCOc1ccc(-c2ccccc2)cc1Cl. The molecule has 1 saturated heterocycles. The van der Waals surface area contributed by atoms with Gasteiger partial charge in [0.15, 0.2) is 0 Å². The molecular weight excluding hydrogens is 398 g/mol. The number of ether oxygens (including phenoxy) is 2. The van der Waals surface area contributed by atoms with Crippen molar-refractivity contribution in [3.8, 4) is 16.9 Å². The Hall–Kier alpha value is -2.44. The van der Waals surface area contributed by atoms with Crippen molar-refractivity contribution in [2.75, 3.05) is 25.5 Å². The van der Waals surface area contributed by atoms with Crippen molar-refractivity contribution >= 4 is 35.2 Å². The molecule has 1 aliphatic rings. The van der Waals surface area contributed by atoms with Crippen molar-refractivity contribution in [1.82, 2.24) is 4.90 Å². The van der Waals surface area contributed by atoms with Gasteiger partial charge in [-0.1, -0.05) is 59.8 Å². The molecule has 0 spiro atoms. The monoisotopic (exact) mass is 417 g/mol. The number of esters is 1. The van der Waals surface area contributed by atoms with Gasteiger partial charge in [-0.3, -0.25) is 4.79 Å². The van der Waals surface area contributed by atoms with Gasteiger partial charge in [-0.15, -0.1) is 0 Å². The van der Waals surface area contributed by atoms with E-state index in [1.165, 1.54) is 22.7 Å². The highest BCUT2D eigenvalue weighted by Crippen LogP contribution is 2.31. The zero-order valence-corrected chi connectivity index (χ0v) is 17.0. The van der Waals surface area contributed by atoms with Crippen LogP contribution in [0.2, 0.25) is 5.02 Å². The van der Waals surface area contributed by atoms with E-state index in [1.54, 1.807) is 6.92 Å². The lowest BCUT2D eigenvalue weighted by Gasteiger charge is -2.17. The van der Waals surface area contributed by atoms with E-state index in [2.05, 4.69) is 0 Å². The number of hydrogen-bond donors (Lipinski definition) is 0. The Labute approximate surface area is 173 Å². The standard InChI is InChI=1S/C21H20ClNO4S/c1-2-26-21(25)13-20-23(19(24)14-28-20)10-11-27-18-9-8-16(12-17(18)22)15-6-4-3-5-7-15/h3-9,12-13H,2,10-11,14H2,1H3/b20-13-. The largest absolute Gasteiger partial charge is 0.490 e. The van der Waals surface area contributed by atoms with Gasteiger partial charge in [0.1, 0.15) is 12.4 Å². The second kappa shape index (κ2) is 9.66. The van der Waals surface area contributed by atoms with Crippen molar-refractivity contribution < 1.29 is 19.1 Å². The van der Waals surface area contributed by atoms with Crippen molar-refractivity contribution in [2.24, 2.45) is 0 Å². The maximum Gasteiger partial charge on any atom is 0.333 e. The molecule has 0 N–H and O–H groups in total. The zero-order valence-electron chi connectivity index (χ0n) is 15.4. The summed E-state index contributed by atoms with van der Waals surface area (Å²) in [5, 5.41) is 1.09. The van der Waals surface area contributed by atoms with Gasteiger partial charge in [0, 0.05) is 0 Å². The highest BCUT2D eigenvalue weighted by atomic mass is 35.5. The molecule has 7 heteroatoms. The van der Waals surface area contributed by atoms with E-state index in [-0.39, 0.29) is 12.5 Å². The van der Waals surface area contributed by atoms with E-state index in [0.717, 1.165) is 11.1 Å². The van der Waals surface area contributed by atoms with E-state index in [9.17, 15) is 9.59 Å². The molecule has 2 aromatic carbocycles. The van der Waals surface area contributed by atoms with Crippen molar-refractivity contribution in [3.05, 3.63) is 64.7 Å². The van der Waals surface area contributed by atoms with Gasteiger partial charge in [0.2, 0.25) is 5.91 Å². The minimum Gasteiger partial charge on any atom is -0.490 e. The van der Waals surface area contributed by atoms with E-state index in [4.69, 9.17) is 21.1 Å². The first-order chi connectivity index (χ1) is 13.6. The Morgan fingerprint density at radius 1 is 1.21 bits per heavy atom. The van der Waals surface area contributed by atoms with E-state index in [1.807, 2.05) is 48.5 Å². The molecular formula is C21H20ClNO4S. The number of carbonyl (C=O) groups is 2. The molecule has 0 aromatic heterocycles. The molecule has 1 fully saturated rings. The fraction of sp³-hybridized carbons (Fsp3) is 0.238. The van der Waals surface area contributed by atoms with E-state index in [0.29, 0.717) is 34.7 Å². The summed E-state index contributed by atoms with van der Waals surface area (Å²) in [5.41, 5.74) is 2.08. The fourth-order valence-corrected chi connectivity index (χ4v) is 3.92. The van der Waals surface area contributed by atoms with Crippen LogP contribution in [-0.4, -0.2) is 42.3 Å². The molecule has 28 heavy (non-hydrogen) atoms. The first kappa shape index (κ1) is 20.3. The summed E-state index contributed by atoms with van der Waals surface area (Å²) in [7, 11) is 0. The third kappa shape index (κ3) is 5.09. The molecule has 0 atom stereocenters. The summed E-state index contributed by atoms with van der Waals surface area (Å²) in [6.07, 6.45) is 1.35. The Bertz CT molecular complexity index is 885. The van der Waals surface area contributed by atoms with Crippen LogP contribution in [0.4, 0.5) is 0 Å². The van der Waals surface area contributed by atoms with E-state index < -0.39 is 5.97 Å². The first-order valence-electron chi connectivity index (χ1n) is 8.88. The van der Waals surface area contributed by atoms with Gasteiger partial charge < -0.3 is 14.4 Å². The number of benzene rings is 2. The van der Waals surface area contributed by atoms with Gasteiger partial charge in [-0.25, -0.2) is 4.79 Å². The second-order valence-electron chi connectivity index (χ2n) is 5.93. The summed E-state index contributed by atoms with van der Waals surface area (Å²) in [5.74, 6) is 0.342. The maximum atomic E-state index is 12.1. The van der Waals surface area contributed by atoms with Crippen LogP contribution < -0.4 is 4.74 Å². The van der Waals surface area contributed by atoms with Crippen molar-refractivity contribution in [1.29, 1.82) is 0 Å². The van der Waals surface area contributed by atoms with Gasteiger partial charge in [-0.2, -0.15) is 0 Å². The van der Waals surface area contributed by atoms with Crippen LogP contribution in [0.25, 0.3) is 11.1 Å². The molecule has 0 unspecified atom stereocenters. The van der Waals surface area contributed by atoms with Gasteiger partial charge in [-0.05, 0) is 30.2 Å². The van der Waals surface area contributed by atoms with Gasteiger partial charge in [0.05, 0.1) is 35.0 Å². The highest BCUT2D eigenvalue weighted by molar-refractivity contribution is 8.04. The van der Waals surface area contributed by atoms with Crippen molar-refractivity contribution in [3.63, 3.8) is 0 Å². The lowest BCUT2D eigenvalue weighted by molar-refractivity contribution is -0.137. The highest BCUT2D eigenvalue weighted by Gasteiger charge is 2.27.